The highest BCUT2D eigenvalue weighted by Gasteiger charge is 2.07. The van der Waals surface area contributed by atoms with Crippen LogP contribution in [-0.2, 0) is 11.3 Å². The Bertz CT molecular complexity index is 513. The maximum atomic E-state index is 5.88. The van der Waals surface area contributed by atoms with E-state index in [4.69, 9.17) is 22.1 Å². The van der Waals surface area contributed by atoms with E-state index in [0.29, 0.717) is 17.3 Å². The molecule has 0 radical (unpaired) electrons. The van der Waals surface area contributed by atoms with Crippen molar-refractivity contribution >= 4 is 17.3 Å². The van der Waals surface area contributed by atoms with Gasteiger partial charge in [-0.25, -0.2) is 0 Å². The first kappa shape index (κ1) is 12.9. The van der Waals surface area contributed by atoms with Crippen LogP contribution in [0, 0.1) is 0 Å². The molecule has 0 saturated heterocycles. The van der Waals surface area contributed by atoms with Gasteiger partial charge in [-0.3, -0.25) is 0 Å². The highest BCUT2D eigenvalue weighted by Crippen LogP contribution is 2.22. The van der Waals surface area contributed by atoms with E-state index in [1.54, 1.807) is 6.07 Å². The van der Waals surface area contributed by atoms with E-state index in [1.807, 2.05) is 37.3 Å². The monoisotopic (exact) mass is 261 g/mol. The van der Waals surface area contributed by atoms with E-state index in [9.17, 15) is 0 Å². The zero-order valence-electron chi connectivity index (χ0n) is 10.3. The van der Waals surface area contributed by atoms with E-state index in [-0.39, 0.29) is 6.10 Å². The van der Waals surface area contributed by atoms with Gasteiger partial charge in [-0.15, -0.1) is 0 Å². The van der Waals surface area contributed by atoms with Crippen molar-refractivity contribution in [3.05, 3.63) is 64.7 Å². The Kier molecular flexibility index (Phi) is 4.24. The Balaban J connectivity index is 1.99. The SMILES string of the molecule is CC(OCc1ccc(Cl)cc1N)c1ccccc1. The van der Waals surface area contributed by atoms with Gasteiger partial charge >= 0.3 is 0 Å². The van der Waals surface area contributed by atoms with Crippen LogP contribution in [0.25, 0.3) is 0 Å². The minimum atomic E-state index is 0.0429. The molecule has 0 saturated carbocycles. The number of nitrogen functional groups attached to an aromatic ring is 1. The Morgan fingerprint density at radius 3 is 2.56 bits per heavy atom. The van der Waals surface area contributed by atoms with E-state index < -0.39 is 0 Å². The lowest BCUT2D eigenvalue weighted by Gasteiger charge is -2.14. The highest BCUT2D eigenvalue weighted by atomic mass is 35.5. The minimum absolute atomic E-state index is 0.0429. The summed E-state index contributed by atoms with van der Waals surface area (Å²) in [6.45, 7) is 2.51. The maximum Gasteiger partial charge on any atom is 0.0801 e. The van der Waals surface area contributed by atoms with Crippen LogP contribution in [0.5, 0.6) is 0 Å². The van der Waals surface area contributed by atoms with Crippen molar-refractivity contribution in [2.24, 2.45) is 0 Å². The smallest absolute Gasteiger partial charge is 0.0801 e. The van der Waals surface area contributed by atoms with Crippen molar-refractivity contribution in [3.63, 3.8) is 0 Å². The summed E-state index contributed by atoms with van der Waals surface area (Å²) >= 11 is 5.85. The molecule has 2 N–H and O–H groups in total. The summed E-state index contributed by atoms with van der Waals surface area (Å²) in [7, 11) is 0. The van der Waals surface area contributed by atoms with Crippen molar-refractivity contribution in [2.45, 2.75) is 19.6 Å². The fourth-order valence-corrected chi connectivity index (χ4v) is 1.91. The molecule has 0 heterocycles. The second kappa shape index (κ2) is 5.89. The van der Waals surface area contributed by atoms with Crippen molar-refractivity contribution < 1.29 is 4.74 Å². The molecule has 3 heteroatoms. The van der Waals surface area contributed by atoms with Gasteiger partial charge in [0.25, 0.3) is 0 Å². The summed E-state index contributed by atoms with van der Waals surface area (Å²) in [5.41, 5.74) is 8.67. The van der Waals surface area contributed by atoms with Gasteiger partial charge in [-0.05, 0) is 24.6 Å². The molecular formula is C15H16ClNO. The molecule has 0 aliphatic heterocycles. The molecule has 0 amide bonds. The number of rotatable bonds is 4. The predicted octanol–water partition coefficient (Wildman–Crippen LogP) is 4.20. The predicted molar refractivity (Wildman–Crippen MR) is 75.5 cm³/mol. The van der Waals surface area contributed by atoms with Crippen LogP contribution in [0.3, 0.4) is 0 Å². The van der Waals surface area contributed by atoms with Crippen LogP contribution in [0.1, 0.15) is 24.2 Å². The van der Waals surface area contributed by atoms with Crippen molar-refractivity contribution in [1.82, 2.24) is 0 Å². The number of anilines is 1. The fourth-order valence-electron chi connectivity index (χ4n) is 1.73. The van der Waals surface area contributed by atoms with Crippen molar-refractivity contribution in [2.75, 3.05) is 5.73 Å². The number of halogens is 1. The first-order valence-electron chi connectivity index (χ1n) is 5.87. The zero-order valence-corrected chi connectivity index (χ0v) is 11.0. The minimum Gasteiger partial charge on any atom is -0.398 e. The summed E-state index contributed by atoms with van der Waals surface area (Å²) in [6.07, 6.45) is 0.0429. The summed E-state index contributed by atoms with van der Waals surface area (Å²) in [6, 6.07) is 15.6. The second-order valence-corrected chi connectivity index (χ2v) is 4.64. The molecular weight excluding hydrogens is 246 g/mol. The van der Waals surface area contributed by atoms with Crippen molar-refractivity contribution in [1.29, 1.82) is 0 Å². The van der Waals surface area contributed by atoms with Gasteiger partial charge in [0.2, 0.25) is 0 Å². The molecule has 2 aromatic carbocycles. The van der Waals surface area contributed by atoms with Crippen LogP contribution in [0.4, 0.5) is 5.69 Å². The molecule has 0 aromatic heterocycles. The van der Waals surface area contributed by atoms with Gasteiger partial charge < -0.3 is 10.5 Å². The van der Waals surface area contributed by atoms with Gasteiger partial charge in [0.15, 0.2) is 0 Å². The average Bonchev–Trinajstić information content (AvgIpc) is 2.38. The highest BCUT2D eigenvalue weighted by molar-refractivity contribution is 6.30. The quantitative estimate of drug-likeness (QED) is 0.837. The second-order valence-electron chi connectivity index (χ2n) is 4.21. The first-order chi connectivity index (χ1) is 8.66. The Morgan fingerprint density at radius 2 is 1.89 bits per heavy atom. The number of hydrogen-bond donors (Lipinski definition) is 1. The van der Waals surface area contributed by atoms with E-state index >= 15 is 0 Å². The lowest BCUT2D eigenvalue weighted by molar-refractivity contribution is 0.0529. The summed E-state index contributed by atoms with van der Waals surface area (Å²) < 4.78 is 5.81. The van der Waals surface area contributed by atoms with Crippen molar-refractivity contribution in [3.8, 4) is 0 Å². The van der Waals surface area contributed by atoms with Crippen LogP contribution >= 0.6 is 11.6 Å². The summed E-state index contributed by atoms with van der Waals surface area (Å²) in [5, 5.41) is 0.646. The Labute approximate surface area is 112 Å². The number of nitrogens with two attached hydrogens (primary N) is 1. The summed E-state index contributed by atoms with van der Waals surface area (Å²) in [5.74, 6) is 0. The molecule has 18 heavy (non-hydrogen) atoms. The topological polar surface area (TPSA) is 35.2 Å². The number of ether oxygens (including phenoxy) is 1. The van der Waals surface area contributed by atoms with Gasteiger partial charge in [0, 0.05) is 16.3 Å². The fraction of sp³-hybridized carbons (Fsp3) is 0.200. The van der Waals surface area contributed by atoms with Gasteiger partial charge in [-0.2, -0.15) is 0 Å². The van der Waals surface area contributed by atoms with Crippen LogP contribution < -0.4 is 5.73 Å². The molecule has 2 aromatic rings. The molecule has 1 atom stereocenters. The molecule has 0 fully saturated rings. The summed E-state index contributed by atoms with van der Waals surface area (Å²) in [4.78, 5) is 0. The molecule has 94 valence electrons. The van der Waals surface area contributed by atoms with E-state index in [0.717, 1.165) is 11.1 Å². The van der Waals surface area contributed by atoms with E-state index in [1.165, 1.54) is 0 Å². The lowest BCUT2D eigenvalue weighted by atomic mass is 10.1. The zero-order chi connectivity index (χ0) is 13.0. The molecule has 0 spiro atoms. The molecule has 1 unspecified atom stereocenters. The molecule has 2 nitrogen and oxygen atoms in total. The Hall–Kier alpha value is -1.51. The van der Waals surface area contributed by atoms with Gasteiger partial charge in [0.1, 0.15) is 0 Å². The molecule has 0 aliphatic carbocycles. The van der Waals surface area contributed by atoms with E-state index in [2.05, 4.69) is 12.1 Å². The molecule has 2 rings (SSSR count). The van der Waals surface area contributed by atoms with Gasteiger partial charge in [-0.1, -0.05) is 48.0 Å². The third-order valence-electron chi connectivity index (χ3n) is 2.87. The average molecular weight is 262 g/mol. The third kappa shape index (κ3) is 3.25. The van der Waals surface area contributed by atoms with Crippen LogP contribution in [-0.4, -0.2) is 0 Å². The maximum absolute atomic E-state index is 5.88. The molecule has 0 bridgehead atoms. The van der Waals surface area contributed by atoms with Crippen LogP contribution in [0.15, 0.2) is 48.5 Å². The van der Waals surface area contributed by atoms with Gasteiger partial charge in [0.05, 0.1) is 12.7 Å². The lowest BCUT2D eigenvalue weighted by Crippen LogP contribution is -2.02. The normalized spacial score (nSPS) is 12.3. The number of benzene rings is 2. The largest absolute Gasteiger partial charge is 0.398 e. The first-order valence-corrected chi connectivity index (χ1v) is 6.25. The van der Waals surface area contributed by atoms with Crippen LogP contribution in [0.2, 0.25) is 5.02 Å². The molecule has 0 aliphatic rings. The number of hydrogen-bond acceptors (Lipinski definition) is 2. The standard InChI is InChI=1S/C15H16ClNO/c1-11(12-5-3-2-4-6-12)18-10-13-7-8-14(16)9-15(13)17/h2-9,11H,10,17H2,1H3. The third-order valence-corrected chi connectivity index (χ3v) is 3.10. The Morgan fingerprint density at radius 1 is 1.17 bits per heavy atom.